The van der Waals surface area contributed by atoms with Gasteiger partial charge in [-0.3, -0.25) is 14.9 Å². The zero-order chi connectivity index (χ0) is 45.0. The summed E-state index contributed by atoms with van der Waals surface area (Å²) in [4.78, 5) is 37.6. The predicted molar refractivity (Wildman–Crippen MR) is 245 cm³/mol. The van der Waals surface area contributed by atoms with E-state index in [2.05, 4.69) is 15.6 Å². The molecule has 10 heteroatoms. The number of aromatic nitrogens is 2. The van der Waals surface area contributed by atoms with Crippen LogP contribution in [0.4, 0.5) is 11.8 Å². The highest BCUT2D eigenvalue weighted by molar-refractivity contribution is 6.06. The minimum Gasteiger partial charge on any atom is -0.383 e. The van der Waals surface area contributed by atoms with Crippen molar-refractivity contribution >= 4 is 23.6 Å². The van der Waals surface area contributed by atoms with Crippen molar-refractivity contribution in [1.29, 1.82) is 0 Å². The minimum absolute atomic E-state index is 0.00960. The van der Waals surface area contributed by atoms with Gasteiger partial charge in [0.2, 0.25) is 5.95 Å². The first-order chi connectivity index (χ1) is 29.9. The first kappa shape index (κ1) is 43.6. The van der Waals surface area contributed by atoms with Gasteiger partial charge >= 0.3 is 0 Å². The van der Waals surface area contributed by atoms with E-state index in [9.17, 15) is 19.8 Å². The Labute approximate surface area is 369 Å². The Bertz CT molecular complexity index is 2540. The highest BCUT2D eigenvalue weighted by Crippen LogP contribution is 2.76. The second kappa shape index (κ2) is 15.9. The highest BCUT2D eigenvalue weighted by Gasteiger charge is 2.92. The molecule has 63 heavy (non-hydrogen) atoms. The van der Waals surface area contributed by atoms with E-state index in [1.807, 2.05) is 157 Å². The number of ether oxygens (including phenoxy) is 2. The number of benzene rings is 5. The second-order valence-corrected chi connectivity index (χ2v) is 19.2. The Balaban J connectivity index is 1.20. The Morgan fingerprint density at radius 2 is 1.06 bits per heavy atom. The van der Waals surface area contributed by atoms with Crippen LogP contribution >= 0.6 is 0 Å². The number of rotatable bonds is 11. The predicted octanol–water partition coefficient (Wildman–Crippen LogP) is 9.53. The third kappa shape index (κ3) is 7.25. The van der Waals surface area contributed by atoms with Gasteiger partial charge in [0.15, 0.2) is 0 Å². The number of carbonyl (C=O) groups excluding carboxylic acids is 2. The van der Waals surface area contributed by atoms with Crippen molar-refractivity contribution in [2.24, 2.45) is 5.41 Å². The lowest BCUT2D eigenvalue weighted by Crippen LogP contribution is -2.42. The van der Waals surface area contributed by atoms with Gasteiger partial charge in [0.25, 0.3) is 11.8 Å². The molecular formula is C53H56N4O6. The van der Waals surface area contributed by atoms with Gasteiger partial charge in [0, 0.05) is 28.3 Å². The van der Waals surface area contributed by atoms with Crippen LogP contribution in [-0.4, -0.2) is 55.9 Å². The molecule has 0 bridgehead atoms. The first-order valence-electron chi connectivity index (χ1n) is 21.4. The lowest BCUT2D eigenvalue weighted by Gasteiger charge is -2.38. The van der Waals surface area contributed by atoms with E-state index < -0.39 is 46.2 Å². The Kier molecular flexibility index (Phi) is 11.0. The van der Waals surface area contributed by atoms with Crippen LogP contribution in [0.3, 0.4) is 0 Å². The van der Waals surface area contributed by atoms with E-state index in [1.165, 1.54) is 6.20 Å². The zero-order valence-corrected chi connectivity index (χ0v) is 37.1. The number of nitrogens with one attached hydrogen (secondary N) is 2. The van der Waals surface area contributed by atoms with Crippen LogP contribution in [0.2, 0.25) is 0 Å². The van der Waals surface area contributed by atoms with Gasteiger partial charge in [-0.2, -0.15) is 4.98 Å². The van der Waals surface area contributed by atoms with Crippen LogP contribution in [0.1, 0.15) is 116 Å². The van der Waals surface area contributed by atoms with E-state index in [-0.39, 0.29) is 34.8 Å². The van der Waals surface area contributed by atoms with Gasteiger partial charge in [-0.1, -0.05) is 183 Å². The maximum absolute atomic E-state index is 14.4. The van der Waals surface area contributed by atoms with Gasteiger partial charge < -0.3 is 25.0 Å². The number of aliphatic hydroxyl groups is 2. The first-order valence-corrected chi connectivity index (χ1v) is 21.4. The summed E-state index contributed by atoms with van der Waals surface area (Å²) in [6.45, 7) is 15.6. The van der Waals surface area contributed by atoms with Crippen LogP contribution in [0.15, 0.2) is 146 Å². The molecule has 8 rings (SSSR count). The molecule has 5 aromatic carbocycles. The maximum Gasteiger partial charge on any atom is 0.258 e. The molecule has 4 N–H and O–H groups in total. The summed E-state index contributed by atoms with van der Waals surface area (Å²) in [5, 5.41) is 31.3. The van der Waals surface area contributed by atoms with Crippen LogP contribution < -0.4 is 10.6 Å². The summed E-state index contributed by atoms with van der Waals surface area (Å²) in [7, 11) is 0. The maximum atomic E-state index is 14.4. The van der Waals surface area contributed by atoms with Crippen LogP contribution in [0.25, 0.3) is 0 Å². The van der Waals surface area contributed by atoms with Gasteiger partial charge in [-0.05, 0) is 50.8 Å². The lowest BCUT2D eigenvalue weighted by molar-refractivity contribution is -0.127. The molecule has 2 fully saturated rings. The Morgan fingerprint density at radius 3 is 1.52 bits per heavy atom. The number of anilines is 2. The van der Waals surface area contributed by atoms with Crippen molar-refractivity contribution in [2.75, 3.05) is 17.2 Å². The molecule has 0 unspecified atom stereocenters. The van der Waals surface area contributed by atoms with Gasteiger partial charge in [-0.15, -0.1) is 0 Å². The average molecular weight is 845 g/mol. The van der Waals surface area contributed by atoms with Crippen molar-refractivity contribution < 1.29 is 29.3 Å². The number of carbonyl (C=O) groups is 2. The third-order valence-electron chi connectivity index (χ3n) is 13.1. The number of amides is 2. The molecule has 1 aromatic heterocycles. The molecule has 4 atom stereocenters. The highest BCUT2D eigenvalue weighted by atomic mass is 16.6. The fourth-order valence-corrected chi connectivity index (χ4v) is 9.62. The summed E-state index contributed by atoms with van der Waals surface area (Å²) in [6, 6.07) is 44.4. The topological polar surface area (TPSA) is 143 Å². The van der Waals surface area contributed by atoms with E-state index >= 15 is 0 Å². The number of fused-ring (bicyclic) bond motifs is 1. The third-order valence-corrected chi connectivity index (χ3v) is 13.1. The molecule has 2 aliphatic rings. The smallest absolute Gasteiger partial charge is 0.258 e. The summed E-state index contributed by atoms with van der Waals surface area (Å²) in [5.41, 5.74) is -1.26. The van der Waals surface area contributed by atoms with E-state index in [0.717, 1.165) is 27.8 Å². The quantitative estimate of drug-likeness (QED) is 0.0946. The summed E-state index contributed by atoms with van der Waals surface area (Å²) in [6.07, 6.45) is -0.853. The standard InChI is InChI=1S/C53H56N4O6/c1-48(2,3)40-30-20-18-28-37(40)45(58)55-44-39(32-54-47(56-44)57-46(59)38-29-19-21-31-41(38)49(4,5)6)43-53(61)50(7,8)52(53,60)42(63-43)33-62-51(34-22-12-9-13-23-34,35-24-14-10-15-25-35)36-26-16-11-17-27-36/h9-32,42-43,60-61H,33H2,1-8H3,(H2,54,55,56,57,58,59)/t42-,43+,52+,53-/m1/s1. The molecule has 1 aliphatic heterocycles. The molecule has 6 aromatic rings. The molecule has 324 valence electrons. The van der Waals surface area contributed by atoms with E-state index in [0.29, 0.717) is 11.1 Å². The zero-order valence-electron chi connectivity index (χ0n) is 37.1. The van der Waals surface area contributed by atoms with Crippen LogP contribution in [0, 0.1) is 5.41 Å². The fourth-order valence-electron chi connectivity index (χ4n) is 9.62. The van der Waals surface area contributed by atoms with Gasteiger partial charge in [-0.25, -0.2) is 4.98 Å². The van der Waals surface area contributed by atoms with Crippen molar-refractivity contribution in [3.05, 3.63) is 190 Å². The molecule has 2 amide bonds. The summed E-state index contributed by atoms with van der Waals surface area (Å²) in [5.74, 6) is -0.937. The van der Waals surface area contributed by atoms with Crippen LogP contribution in [-0.2, 0) is 25.9 Å². The van der Waals surface area contributed by atoms with Crippen LogP contribution in [0.5, 0.6) is 0 Å². The fraction of sp³-hybridized carbons (Fsp3) is 0.321. The molecule has 0 radical (unpaired) electrons. The normalized spacial score (nSPS) is 21.6. The molecule has 1 saturated heterocycles. The summed E-state index contributed by atoms with van der Waals surface area (Å²) < 4.78 is 13.9. The Hall–Kier alpha value is -6.04. The van der Waals surface area contributed by atoms with Crippen molar-refractivity contribution in [3.63, 3.8) is 0 Å². The molecule has 1 saturated carbocycles. The number of hydrogen-bond donors (Lipinski definition) is 4. The lowest BCUT2D eigenvalue weighted by atomic mass is 9.80. The van der Waals surface area contributed by atoms with Gasteiger partial charge in [0.1, 0.15) is 34.8 Å². The van der Waals surface area contributed by atoms with E-state index in [1.54, 1.807) is 38.1 Å². The minimum atomic E-state index is -1.87. The van der Waals surface area contributed by atoms with Crippen molar-refractivity contribution in [1.82, 2.24) is 9.97 Å². The largest absolute Gasteiger partial charge is 0.383 e. The summed E-state index contributed by atoms with van der Waals surface area (Å²) >= 11 is 0. The molecule has 1 aliphatic carbocycles. The number of hydrogen-bond acceptors (Lipinski definition) is 8. The monoisotopic (exact) mass is 844 g/mol. The SMILES string of the molecule is CC(C)(C)c1ccccc1C(=O)Nc1ncc([C@@H]2O[C@H](COC(c3ccccc3)(c3ccccc3)c3ccccc3)[C@]3(O)C(C)(C)[C@]23O)c(NC(=O)c2ccccc2C(C)(C)C)n1. The molecule has 2 heterocycles. The Morgan fingerprint density at radius 1 is 0.635 bits per heavy atom. The molecule has 0 spiro atoms. The van der Waals surface area contributed by atoms with Gasteiger partial charge in [0.05, 0.1) is 6.61 Å². The molecular weight excluding hydrogens is 789 g/mol. The average Bonchev–Trinajstić information content (AvgIpc) is 3.47. The van der Waals surface area contributed by atoms with Crippen molar-refractivity contribution in [3.8, 4) is 0 Å². The van der Waals surface area contributed by atoms with Crippen molar-refractivity contribution in [2.45, 2.75) is 95.2 Å². The molecule has 10 nitrogen and oxygen atoms in total. The number of nitrogens with zero attached hydrogens (tertiary/aromatic N) is 2. The van der Waals surface area contributed by atoms with E-state index in [4.69, 9.17) is 14.5 Å². The second-order valence-electron chi connectivity index (χ2n) is 19.2.